The topological polar surface area (TPSA) is 51.2 Å². The van der Waals surface area contributed by atoms with Crippen molar-refractivity contribution in [2.45, 2.75) is 25.1 Å². The first kappa shape index (κ1) is 15.8. The standard InChI is InChI=1S/C17H17BrO3/c1-17(2)10-13(20)14(15(21)16(17)18)12(19)9-8-11-6-4-3-5-7-11/h3-9,14,16H,10H2,1-2H3/b9-8+/t14-,16+/m1/s1. The number of halogens is 1. The van der Waals surface area contributed by atoms with Crippen LogP contribution in [0, 0.1) is 11.3 Å². The third kappa shape index (κ3) is 3.38. The van der Waals surface area contributed by atoms with Crippen molar-refractivity contribution in [3.63, 3.8) is 0 Å². The molecule has 0 heterocycles. The molecule has 1 aliphatic carbocycles. The van der Waals surface area contributed by atoms with Gasteiger partial charge in [0, 0.05) is 6.42 Å². The van der Waals surface area contributed by atoms with Crippen LogP contribution < -0.4 is 0 Å². The summed E-state index contributed by atoms with van der Waals surface area (Å²) in [5, 5.41) is 0. The Bertz CT molecular complexity index is 602. The molecule has 0 amide bonds. The number of alkyl halides is 1. The van der Waals surface area contributed by atoms with Crippen LogP contribution in [0.2, 0.25) is 0 Å². The predicted molar refractivity (Wildman–Crippen MR) is 85.1 cm³/mol. The monoisotopic (exact) mass is 348 g/mol. The zero-order valence-corrected chi connectivity index (χ0v) is 13.6. The van der Waals surface area contributed by atoms with Crippen LogP contribution in [0.5, 0.6) is 0 Å². The normalized spacial score (nSPS) is 25.3. The minimum atomic E-state index is -1.16. The van der Waals surface area contributed by atoms with Gasteiger partial charge >= 0.3 is 0 Å². The van der Waals surface area contributed by atoms with E-state index in [1.807, 2.05) is 44.2 Å². The van der Waals surface area contributed by atoms with Crippen LogP contribution in [0.1, 0.15) is 25.8 Å². The van der Waals surface area contributed by atoms with E-state index in [-0.39, 0.29) is 18.0 Å². The summed E-state index contributed by atoms with van der Waals surface area (Å²) in [6, 6.07) is 9.30. The van der Waals surface area contributed by atoms with E-state index in [0.717, 1.165) is 5.56 Å². The average molecular weight is 349 g/mol. The largest absolute Gasteiger partial charge is 0.298 e. The lowest BCUT2D eigenvalue weighted by Gasteiger charge is -2.35. The van der Waals surface area contributed by atoms with Gasteiger partial charge in [-0.05, 0) is 17.1 Å². The smallest absolute Gasteiger partial charge is 0.173 e. The highest BCUT2D eigenvalue weighted by Crippen LogP contribution is 2.39. The second kappa shape index (κ2) is 6.06. The lowest BCUT2D eigenvalue weighted by Crippen LogP contribution is -2.49. The Balaban J connectivity index is 2.18. The number of Topliss-reactive ketones (excluding diaryl/α,β-unsaturated/α-hetero) is 2. The van der Waals surface area contributed by atoms with E-state index < -0.39 is 21.9 Å². The number of rotatable bonds is 3. The number of benzene rings is 1. The van der Waals surface area contributed by atoms with Crippen molar-refractivity contribution < 1.29 is 14.4 Å². The second-order valence-electron chi connectivity index (χ2n) is 5.98. The van der Waals surface area contributed by atoms with Gasteiger partial charge in [0.2, 0.25) is 0 Å². The van der Waals surface area contributed by atoms with Gasteiger partial charge in [0.05, 0.1) is 4.83 Å². The number of carbonyl (C=O) groups is 3. The van der Waals surface area contributed by atoms with E-state index in [0.29, 0.717) is 0 Å². The zero-order valence-electron chi connectivity index (χ0n) is 12.0. The van der Waals surface area contributed by atoms with Crippen LogP contribution in [-0.4, -0.2) is 22.2 Å². The Morgan fingerprint density at radius 2 is 1.86 bits per heavy atom. The van der Waals surface area contributed by atoms with Crippen molar-refractivity contribution in [3.05, 3.63) is 42.0 Å². The fraction of sp³-hybridized carbons (Fsp3) is 0.353. The quantitative estimate of drug-likeness (QED) is 0.478. The summed E-state index contributed by atoms with van der Waals surface area (Å²) in [5.41, 5.74) is 0.408. The molecule has 1 aliphatic rings. The van der Waals surface area contributed by atoms with Gasteiger partial charge in [-0.15, -0.1) is 0 Å². The van der Waals surface area contributed by atoms with E-state index in [2.05, 4.69) is 15.9 Å². The fourth-order valence-electron chi connectivity index (χ4n) is 2.47. The molecule has 3 nitrogen and oxygen atoms in total. The van der Waals surface area contributed by atoms with Crippen LogP contribution in [0.4, 0.5) is 0 Å². The van der Waals surface area contributed by atoms with E-state index in [1.54, 1.807) is 6.08 Å². The first-order chi connectivity index (χ1) is 9.83. The summed E-state index contributed by atoms with van der Waals surface area (Å²) in [6.45, 7) is 3.70. The highest BCUT2D eigenvalue weighted by Gasteiger charge is 2.48. The molecule has 1 fully saturated rings. The van der Waals surface area contributed by atoms with Gasteiger partial charge < -0.3 is 0 Å². The van der Waals surface area contributed by atoms with E-state index >= 15 is 0 Å². The molecule has 1 aromatic carbocycles. The van der Waals surface area contributed by atoms with Crippen LogP contribution in [0.25, 0.3) is 6.08 Å². The Hall–Kier alpha value is -1.55. The molecule has 0 spiro atoms. The van der Waals surface area contributed by atoms with Gasteiger partial charge in [0.1, 0.15) is 5.92 Å². The van der Waals surface area contributed by atoms with Gasteiger partial charge in [-0.2, -0.15) is 0 Å². The van der Waals surface area contributed by atoms with Gasteiger partial charge in [-0.3, -0.25) is 14.4 Å². The summed E-state index contributed by atoms with van der Waals surface area (Å²) in [7, 11) is 0. The van der Waals surface area contributed by atoms with Crippen molar-refractivity contribution >= 4 is 39.4 Å². The lowest BCUT2D eigenvalue weighted by atomic mass is 9.70. The molecule has 0 saturated heterocycles. The minimum absolute atomic E-state index is 0.226. The maximum atomic E-state index is 12.3. The summed E-state index contributed by atoms with van der Waals surface area (Å²) >= 11 is 3.33. The Morgan fingerprint density at radius 1 is 1.24 bits per heavy atom. The molecule has 110 valence electrons. The maximum Gasteiger partial charge on any atom is 0.173 e. The molecule has 0 unspecified atom stereocenters. The molecule has 2 rings (SSSR count). The highest BCUT2D eigenvalue weighted by atomic mass is 79.9. The molecule has 1 aromatic rings. The van der Waals surface area contributed by atoms with Crippen molar-refractivity contribution in [1.29, 1.82) is 0 Å². The molecule has 0 radical (unpaired) electrons. The van der Waals surface area contributed by atoms with E-state index in [9.17, 15) is 14.4 Å². The summed E-state index contributed by atoms with van der Waals surface area (Å²) < 4.78 is 0. The highest BCUT2D eigenvalue weighted by molar-refractivity contribution is 9.10. The molecule has 4 heteroatoms. The summed E-state index contributed by atoms with van der Waals surface area (Å²) in [4.78, 5) is 36.1. The maximum absolute atomic E-state index is 12.3. The molecular weight excluding hydrogens is 332 g/mol. The van der Waals surface area contributed by atoms with Crippen molar-refractivity contribution in [2.24, 2.45) is 11.3 Å². The molecule has 2 atom stereocenters. The third-order valence-corrected chi connectivity index (χ3v) is 5.39. The SMILES string of the molecule is CC1(C)CC(=O)[C@@H](C(=O)/C=C/c2ccccc2)C(=O)[C@@H]1Br. The Kier molecular flexibility index (Phi) is 4.57. The molecule has 0 aliphatic heterocycles. The molecule has 0 N–H and O–H groups in total. The first-order valence-corrected chi connectivity index (χ1v) is 7.72. The van der Waals surface area contributed by atoms with Crippen molar-refractivity contribution in [1.82, 2.24) is 0 Å². The summed E-state index contributed by atoms with van der Waals surface area (Å²) in [6.07, 6.45) is 3.18. The van der Waals surface area contributed by atoms with Gasteiger partial charge in [-0.25, -0.2) is 0 Å². The van der Waals surface area contributed by atoms with Crippen LogP contribution >= 0.6 is 15.9 Å². The Labute approximate surface area is 132 Å². The lowest BCUT2D eigenvalue weighted by molar-refractivity contribution is -0.142. The average Bonchev–Trinajstić information content (AvgIpc) is 2.43. The second-order valence-corrected chi connectivity index (χ2v) is 6.89. The molecule has 1 saturated carbocycles. The van der Waals surface area contributed by atoms with Crippen LogP contribution in [0.15, 0.2) is 36.4 Å². The molecular formula is C17H17BrO3. The van der Waals surface area contributed by atoms with Crippen molar-refractivity contribution in [2.75, 3.05) is 0 Å². The first-order valence-electron chi connectivity index (χ1n) is 6.80. The molecule has 21 heavy (non-hydrogen) atoms. The Morgan fingerprint density at radius 3 is 2.48 bits per heavy atom. The predicted octanol–water partition coefficient (Wildman–Crippen LogP) is 3.22. The third-order valence-electron chi connectivity index (χ3n) is 3.70. The number of ketones is 3. The minimum Gasteiger partial charge on any atom is -0.298 e. The summed E-state index contributed by atoms with van der Waals surface area (Å²) in [5.74, 6) is -2.22. The molecule has 0 bridgehead atoms. The number of carbonyl (C=O) groups excluding carboxylic acids is 3. The van der Waals surface area contributed by atoms with Crippen LogP contribution in [-0.2, 0) is 14.4 Å². The van der Waals surface area contributed by atoms with Crippen LogP contribution in [0.3, 0.4) is 0 Å². The molecule has 0 aromatic heterocycles. The number of hydrogen-bond donors (Lipinski definition) is 0. The fourth-order valence-corrected chi connectivity index (χ4v) is 2.89. The van der Waals surface area contributed by atoms with Crippen molar-refractivity contribution in [3.8, 4) is 0 Å². The van der Waals surface area contributed by atoms with Gasteiger partial charge in [-0.1, -0.05) is 66.2 Å². The van der Waals surface area contributed by atoms with E-state index in [4.69, 9.17) is 0 Å². The van der Waals surface area contributed by atoms with Gasteiger partial charge in [0.25, 0.3) is 0 Å². The zero-order chi connectivity index (χ0) is 15.6. The number of hydrogen-bond acceptors (Lipinski definition) is 3. The number of allylic oxidation sites excluding steroid dienone is 1. The van der Waals surface area contributed by atoms with E-state index in [1.165, 1.54) is 6.08 Å². The van der Waals surface area contributed by atoms with Gasteiger partial charge in [0.15, 0.2) is 17.3 Å².